The molecule has 0 spiro atoms. The van der Waals surface area contributed by atoms with E-state index in [2.05, 4.69) is 12.2 Å². The Kier molecular flexibility index (Phi) is 11.8. The topological polar surface area (TPSA) is 140 Å². The maximum Gasteiger partial charge on any atom is 0.405 e. The van der Waals surface area contributed by atoms with Gasteiger partial charge in [-0.1, -0.05) is 26.0 Å². The van der Waals surface area contributed by atoms with Crippen LogP contribution in [0.25, 0.3) is 0 Å². The Morgan fingerprint density at radius 1 is 1.11 bits per heavy atom. The first kappa shape index (κ1) is 31.3. The number of rotatable bonds is 3. The van der Waals surface area contributed by atoms with Crippen molar-refractivity contribution in [1.82, 2.24) is 0 Å². The summed E-state index contributed by atoms with van der Waals surface area (Å²) >= 11 is 0. The summed E-state index contributed by atoms with van der Waals surface area (Å²) in [5, 5.41) is 24.4. The van der Waals surface area contributed by atoms with Crippen molar-refractivity contribution in [1.29, 1.82) is 0 Å². The Labute approximate surface area is 226 Å². The van der Waals surface area contributed by atoms with E-state index in [0.717, 1.165) is 11.1 Å². The molecular weight excluding hydrogens is 488 g/mol. The van der Waals surface area contributed by atoms with Crippen LogP contribution in [-0.4, -0.2) is 60.8 Å². The van der Waals surface area contributed by atoms with Gasteiger partial charge in [0.15, 0.2) is 6.10 Å². The first-order valence-electron chi connectivity index (χ1n) is 13.1. The highest BCUT2D eigenvalue weighted by Gasteiger charge is 2.30. The summed E-state index contributed by atoms with van der Waals surface area (Å²) in [7, 11) is 3.10. The number of nitrogens with one attached hydrogen (secondary N) is 1. The summed E-state index contributed by atoms with van der Waals surface area (Å²) < 4.78 is 16.8. The second-order valence-corrected chi connectivity index (χ2v) is 10.4. The Morgan fingerprint density at radius 3 is 2.37 bits per heavy atom. The summed E-state index contributed by atoms with van der Waals surface area (Å²) in [5.74, 6) is -0.421. The van der Waals surface area contributed by atoms with Crippen molar-refractivity contribution in [3.8, 4) is 5.75 Å². The van der Waals surface area contributed by atoms with E-state index in [-0.39, 0.29) is 23.5 Å². The minimum atomic E-state index is -0.925. The van der Waals surface area contributed by atoms with E-state index in [4.69, 9.17) is 19.9 Å². The second-order valence-electron chi connectivity index (χ2n) is 10.4. The summed E-state index contributed by atoms with van der Waals surface area (Å²) in [5.41, 5.74) is 8.90. The van der Waals surface area contributed by atoms with Crippen molar-refractivity contribution >= 4 is 17.7 Å². The number of hydrogen-bond acceptors (Lipinski definition) is 7. The molecule has 1 aromatic rings. The fraction of sp³-hybridized carbons (Fsp3) is 0.586. The number of ether oxygens (including phenoxy) is 3. The SMILES string of the molecule is CO[C@H]1C[C@@H](C)Cc2cc(O)cc(c2C)NC(=O)/C(C)=C/CC[C@H](OC)[C@@H](OC(N)=O)/C(C)=C/[C@@H](C)[C@@H]1O. The van der Waals surface area contributed by atoms with Crippen molar-refractivity contribution < 1.29 is 34.0 Å². The van der Waals surface area contributed by atoms with Gasteiger partial charge in [0.25, 0.3) is 5.91 Å². The number of phenols is 1. The normalized spacial score (nSPS) is 30.9. The fourth-order valence-corrected chi connectivity index (χ4v) is 5.03. The molecule has 2 rings (SSSR count). The van der Waals surface area contributed by atoms with Gasteiger partial charge < -0.3 is 35.5 Å². The number of aromatic hydroxyl groups is 1. The number of carbonyl (C=O) groups excluding carboxylic acids is 2. The number of aliphatic hydroxyl groups is 1. The van der Waals surface area contributed by atoms with Gasteiger partial charge in [-0.2, -0.15) is 0 Å². The van der Waals surface area contributed by atoms with Gasteiger partial charge in [-0.05, 0) is 75.1 Å². The minimum absolute atomic E-state index is 0.0709. The third-order valence-corrected chi connectivity index (χ3v) is 7.29. The monoisotopic (exact) mass is 532 g/mol. The van der Waals surface area contributed by atoms with Crippen molar-refractivity contribution in [2.75, 3.05) is 19.5 Å². The second kappa shape index (κ2) is 14.3. The first-order valence-corrected chi connectivity index (χ1v) is 13.1. The van der Waals surface area contributed by atoms with E-state index in [0.29, 0.717) is 42.5 Å². The largest absolute Gasteiger partial charge is 0.508 e. The molecule has 38 heavy (non-hydrogen) atoms. The van der Waals surface area contributed by atoms with Crippen LogP contribution in [-0.2, 0) is 25.4 Å². The maximum atomic E-state index is 12.9. The van der Waals surface area contributed by atoms with Crippen LogP contribution < -0.4 is 11.1 Å². The Morgan fingerprint density at radius 2 is 1.76 bits per heavy atom. The summed E-state index contributed by atoms with van der Waals surface area (Å²) in [6.45, 7) is 9.38. The standard InChI is InChI=1S/C29H44N2O7/c1-16-11-21-14-22(32)15-23(20(21)5)31-28(34)17(2)9-8-10-24(36-6)27(38-29(30)35)19(4)13-18(3)26(33)25(12-16)37-7/h9,13-16,18,24-27,32-33H,8,10-12H2,1-7H3,(H2,30,35)(H,31,34)/b17-9+,19-13+/t16-,18+,24-,25-,26-,27-/m0/s1. The van der Waals surface area contributed by atoms with Gasteiger partial charge in [0.1, 0.15) is 5.75 Å². The van der Waals surface area contributed by atoms with Crippen LogP contribution in [0.15, 0.2) is 35.4 Å². The molecule has 1 aromatic carbocycles. The van der Waals surface area contributed by atoms with Crippen LogP contribution in [0.5, 0.6) is 5.75 Å². The lowest BCUT2D eigenvalue weighted by Gasteiger charge is -2.30. The highest BCUT2D eigenvalue weighted by atomic mass is 16.6. The molecule has 0 aliphatic carbocycles. The molecule has 9 heteroatoms. The Hall–Kier alpha value is -2.88. The van der Waals surface area contributed by atoms with Crippen LogP contribution in [0.3, 0.4) is 0 Å². The van der Waals surface area contributed by atoms with E-state index in [1.54, 1.807) is 32.2 Å². The van der Waals surface area contributed by atoms with Crippen molar-refractivity contribution in [2.45, 2.75) is 84.7 Å². The predicted molar refractivity (Wildman–Crippen MR) is 147 cm³/mol. The van der Waals surface area contributed by atoms with E-state index < -0.39 is 30.5 Å². The van der Waals surface area contributed by atoms with E-state index >= 15 is 0 Å². The summed E-state index contributed by atoms with van der Waals surface area (Å²) in [6.07, 6.45) is 2.30. The number of hydrogen-bond donors (Lipinski definition) is 4. The highest BCUT2D eigenvalue weighted by molar-refractivity contribution is 6.03. The van der Waals surface area contributed by atoms with Gasteiger partial charge in [0.05, 0.1) is 18.3 Å². The van der Waals surface area contributed by atoms with E-state index in [1.807, 2.05) is 26.8 Å². The number of anilines is 1. The zero-order valence-electron chi connectivity index (χ0n) is 23.6. The molecule has 1 aliphatic rings. The van der Waals surface area contributed by atoms with Gasteiger partial charge in [-0.15, -0.1) is 0 Å². The Bertz CT molecular complexity index is 1040. The number of phenolic OH excluding ortho intramolecular Hbond substituents is 1. The number of methoxy groups -OCH3 is 2. The number of amides is 2. The third kappa shape index (κ3) is 8.58. The molecule has 0 saturated heterocycles. The van der Waals surface area contributed by atoms with Gasteiger partial charge >= 0.3 is 6.09 Å². The molecule has 0 fully saturated rings. The lowest BCUT2D eigenvalue weighted by Crippen LogP contribution is -2.37. The lowest BCUT2D eigenvalue weighted by molar-refractivity contribution is -0.112. The first-order chi connectivity index (χ1) is 17.9. The van der Waals surface area contributed by atoms with Crippen molar-refractivity contribution in [3.63, 3.8) is 0 Å². The molecule has 0 aromatic heterocycles. The number of nitrogens with two attached hydrogens (primary N) is 1. The number of fused-ring (bicyclic) bond motifs is 2. The number of benzene rings is 1. The maximum absolute atomic E-state index is 12.9. The predicted octanol–water partition coefficient (Wildman–Crippen LogP) is 4.39. The summed E-state index contributed by atoms with van der Waals surface area (Å²) in [6, 6.07) is 3.26. The summed E-state index contributed by atoms with van der Waals surface area (Å²) in [4.78, 5) is 24.6. The smallest absolute Gasteiger partial charge is 0.405 e. The molecule has 1 aliphatic heterocycles. The van der Waals surface area contributed by atoms with Crippen molar-refractivity contribution in [3.05, 3.63) is 46.6 Å². The molecule has 5 N–H and O–H groups in total. The molecule has 9 nitrogen and oxygen atoms in total. The van der Waals surface area contributed by atoms with Gasteiger partial charge in [-0.3, -0.25) is 4.79 Å². The lowest BCUT2D eigenvalue weighted by atomic mass is 9.87. The zero-order valence-corrected chi connectivity index (χ0v) is 23.6. The zero-order chi connectivity index (χ0) is 28.6. The Balaban J connectivity index is 2.52. The van der Waals surface area contributed by atoms with E-state index in [1.165, 1.54) is 7.11 Å². The molecule has 212 valence electrons. The van der Waals surface area contributed by atoms with E-state index in [9.17, 15) is 19.8 Å². The average molecular weight is 533 g/mol. The highest BCUT2D eigenvalue weighted by Crippen LogP contribution is 2.30. The van der Waals surface area contributed by atoms with Crippen LogP contribution >= 0.6 is 0 Å². The molecular formula is C29H44N2O7. The van der Waals surface area contributed by atoms with Crippen LogP contribution in [0.1, 0.15) is 58.1 Å². The average Bonchev–Trinajstić information content (AvgIpc) is 2.85. The quantitative estimate of drug-likeness (QED) is 0.423. The number of carbonyl (C=O) groups is 2. The molecule has 2 amide bonds. The number of primary amides is 1. The molecule has 1 heterocycles. The van der Waals surface area contributed by atoms with Gasteiger partial charge in [-0.25, -0.2) is 4.79 Å². The minimum Gasteiger partial charge on any atom is -0.508 e. The van der Waals surface area contributed by atoms with Crippen molar-refractivity contribution in [2.24, 2.45) is 17.6 Å². The van der Waals surface area contributed by atoms with Crippen LogP contribution in [0.4, 0.5) is 10.5 Å². The molecule has 2 bridgehead atoms. The third-order valence-electron chi connectivity index (χ3n) is 7.29. The molecule has 0 saturated carbocycles. The fourth-order valence-electron chi connectivity index (χ4n) is 5.03. The van der Waals surface area contributed by atoms with Crippen LogP contribution in [0.2, 0.25) is 0 Å². The van der Waals surface area contributed by atoms with Crippen LogP contribution in [0, 0.1) is 18.8 Å². The number of allylic oxidation sites excluding steroid dienone is 1. The molecule has 6 atom stereocenters. The van der Waals surface area contributed by atoms with Gasteiger partial charge in [0.2, 0.25) is 0 Å². The van der Waals surface area contributed by atoms with Gasteiger partial charge in [0, 0.05) is 37.5 Å². The number of aliphatic hydroxyl groups excluding tert-OH is 1. The molecule has 0 radical (unpaired) electrons. The molecule has 0 unspecified atom stereocenters.